The van der Waals surface area contributed by atoms with Crippen molar-refractivity contribution < 1.29 is 9.84 Å². The van der Waals surface area contributed by atoms with Crippen LogP contribution in [0.15, 0.2) is 0 Å². The lowest BCUT2D eigenvalue weighted by Crippen LogP contribution is -2.16. The van der Waals surface area contributed by atoms with E-state index in [-0.39, 0.29) is 6.10 Å². The predicted molar refractivity (Wildman–Crippen MR) is 115 cm³/mol. The molecule has 0 bridgehead atoms. The Morgan fingerprint density at radius 2 is 1.08 bits per heavy atom. The minimum Gasteiger partial charge on any atom is -0.391 e. The van der Waals surface area contributed by atoms with E-state index in [1.807, 2.05) is 0 Å². The van der Waals surface area contributed by atoms with Gasteiger partial charge in [-0.1, -0.05) is 119 Å². The fraction of sp³-hybridized carbons (Fsp3) is 1.00. The van der Waals surface area contributed by atoms with Crippen LogP contribution in [0.5, 0.6) is 0 Å². The molecule has 0 amide bonds. The van der Waals surface area contributed by atoms with Gasteiger partial charge in [0.15, 0.2) is 0 Å². The van der Waals surface area contributed by atoms with Crippen LogP contribution in [0.4, 0.5) is 0 Å². The Kier molecular flexibility index (Phi) is 22.8. The van der Waals surface area contributed by atoms with Crippen LogP contribution in [0.1, 0.15) is 116 Å². The monoisotopic (exact) mass is 420 g/mol. The lowest BCUT2D eigenvalue weighted by atomic mass is 10.0. The first-order valence-corrected chi connectivity index (χ1v) is 12.2. The van der Waals surface area contributed by atoms with Gasteiger partial charge in [0.2, 0.25) is 0 Å². The van der Waals surface area contributed by atoms with Gasteiger partial charge < -0.3 is 9.84 Å². The molecule has 0 aliphatic rings. The van der Waals surface area contributed by atoms with E-state index in [0.717, 1.165) is 24.8 Å². The normalized spacial score (nSPS) is 12.6. The van der Waals surface area contributed by atoms with Crippen LogP contribution in [0.3, 0.4) is 0 Å². The summed E-state index contributed by atoms with van der Waals surface area (Å²) in [7, 11) is 0. The van der Waals surface area contributed by atoms with Gasteiger partial charge in [-0.3, -0.25) is 0 Å². The largest absolute Gasteiger partial charge is 0.391 e. The zero-order valence-electron chi connectivity index (χ0n) is 17.0. The Balaban J connectivity index is 3.00. The summed E-state index contributed by atoms with van der Waals surface area (Å²) in [5.74, 6) is 0. The Labute approximate surface area is 166 Å². The molecule has 3 heteroatoms. The second-order valence-electron chi connectivity index (χ2n) is 7.51. The van der Waals surface area contributed by atoms with Crippen molar-refractivity contribution in [3.05, 3.63) is 0 Å². The smallest absolute Gasteiger partial charge is 0.0781 e. The number of unbranched alkanes of at least 4 members (excludes halogenated alkanes) is 15. The van der Waals surface area contributed by atoms with Gasteiger partial charge in [0.05, 0.1) is 12.7 Å². The second-order valence-corrected chi connectivity index (χ2v) is 8.30. The zero-order chi connectivity index (χ0) is 18.4. The van der Waals surface area contributed by atoms with Gasteiger partial charge >= 0.3 is 0 Å². The number of rotatable bonds is 21. The summed E-state index contributed by atoms with van der Waals surface area (Å²) in [6.45, 7) is 3.58. The Bertz CT molecular complexity index is 236. The van der Waals surface area contributed by atoms with Crippen molar-refractivity contribution in [3.63, 3.8) is 0 Å². The van der Waals surface area contributed by atoms with Gasteiger partial charge in [0, 0.05) is 11.9 Å². The van der Waals surface area contributed by atoms with Crippen molar-refractivity contribution in [2.24, 2.45) is 0 Å². The van der Waals surface area contributed by atoms with Crippen molar-refractivity contribution in [1.29, 1.82) is 0 Å². The van der Waals surface area contributed by atoms with Crippen molar-refractivity contribution in [1.82, 2.24) is 0 Å². The minimum absolute atomic E-state index is 0.305. The molecule has 0 aromatic rings. The number of alkyl halides is 1. The summed E-state index contributed by atoms with van der Waals surface area (Å²) >= 11 is 3.33. The molecule has 0 heterocycles. The van der Waals surface area contributed by atoms with Crippen LogP contribution in [-0.4, -0.2) is 29.8 Å². The van der Waals surface area contributed by atoms with Crippen LogP contribution >= 0.6 is 15.9 Å². The third-order valence-corrected chi connectivity index (χ3v) is 5.35. The van der Waals surface area contributed by atoms with E-state index in [9.17, 15) is 5.11 Å². The molecule has 0 spiro atoms. The highest BCUT2D eigenvalue weighted by molar-refractivity contribution is 9.09. The molecular formula is C22H45BrO2. The number of aliphatic hydroxyl groups is 1. The van der Waals surface area contributed by atoms with E-state index in [0.29, 0.717) is 6.61 Å². The van der Waals surface area contributed by atoms with Crippen LogP contribution < -0.4 is 0 Å². The van der Waals surface area contributed by atoms with Crippen molar-refractivity contribution in [2.45, 2.75) is 122 Å². The molecule has 0 aliphatic carbocycles. The van der Waals surface area contributed by atoms with Crippen LogP contribution in [0.25, 0.3) is 0 Å². The van der Waals surface area contributed by atoms with E-state index in [1.165, 1.54) is 96.3 Å². The number of ether oxygens (including phenoxy) is 1. The standard InChI is InChI=1S/C22H45BrO2/c1-2-3-4-5-6-7-8-9-10-11-12-13-14-15-16-17-20-25-21-22(24)18-19-23/h22,24H,2-21H2,1H3/t22-/m0/s1. The Morgan fingerprint density at radius 3 is 1.48 bits per heavy atom. The summed E-state index contributed by atoms with van der Waals surface area (Å²) in [6, 6.07) is 0. The maximum Gasteiger partial charge on any atom is 0.0781 e. The number of aliphatic hydroxyl groups excluding tert-OH is 1. The van der Waals surface area contributed by atoms with Gasteiger partial charge in [-0.25, -0.2) is 0 Å². The van der Waals surface area contributed by atoms with Crippen LogP contribution in [0, 0.1) is 0 Å². The van der Waals surface area contributed by atoms with Gasteiger partial charge in [0.1, 0.15) is 0 Å². The summed E-state index contributed by atoms with van der Waals surface area (Å²) < 4.78 is 5.50. The molecule has 0 aromatic carbocycles. The summed E-state index contributed by atoms with van der Waals surface area (Å²) in [5.41, 5.74) is 0. The van der Waals surface area contributed by atoms with Gasteiger partial charge in [-0.15, -0.1) is 0 Å². The van der Waals surface area contributed by atoms with Gasteiger partial charge in [0.25, 0.3) is 0 Å². The van der Waals surface area contributed by atoms with Gasteiger partial charge in [-0.2, -0.15) is 0 Å². The summed E-state index contributed by atoms with van der Waals surface area (Å²) in [5, 5.41) is 10.4. The second kappa shape index (κ2) is 22.4. The molecule has 0 saturated carbocycles. The molecule has 0 unspecified atom stereocenters. The summed E-state index contributed by atoms with van der Waals surface area (Å²) in [6.07, 6.45) is 22.8. The Hall–Kier alpha value is 0.400. The highest BCUT2D eigenvalue weighted by Gasteiger charge is 2.02. The fourth-order valence-corrected chi connectivity index (χ4v) is 3.71. The highest BCUT2D eigenvalue weighted by atomic mass is 79.9. The maximum absolute atomic E-state index is 9.53. The number of hydrogen-bond donors (Lipinski definition) is 1. The lowest BCUT2D eigenvalue weighted by molar-refractivity contribution is 0.0342. The fourth-order valence-electron chi connectivity index (χ4n) is 3.18. The van der Waals surface area contributed by atoms with Crippen molar-refractivity contribution in [3.8, 4) is 0 Å². The maximum atomic E-state index is 9.53. The quantitative estimate of drug-likeness (QED) is 0.154. The average molecular weight is 422 g/mol. The molecule has 0 aliphatic heterocycles. The zero-order valence-corrected chi connectivity index (χ0v) is 18.5. The number of hydrogen-bond acceptors (Lipinski definition) is 2. The molecule has 0 aromatic heterocycles. The van der Waals surface area contributed by atoms with E-state index >= 15 is 0 Å². The highest BCUT2D eigenvalue weighted by Crippen LogP contribution is 2.13. The molecule has 152 valence electrons. The molecule has 1 N–H and O–H groups in total. The molecule has 0 rings (SSSR count). The SMILES string of the molecule is CCCCCCCCCCCCCCCCCCOC[C@@H](O)CCBr. The first kappa shape index (κ1) is 25.4. The summed E-state index contributed by atoms with van der Waals surface area (Å²) in [4.78, 5) is 0. The van der Waals surface area contributed by atoms with Crippen molar-refractivity contribution >= 4 is 15.9 Å². The molecule has 0 radical (unpaired) electrons. The average Bonchev–Trinajstić information content (AvgIpc) is 2.61. The first-order valence-electron chi connectivity index (χ1n) is 11.1. The van der Waals surface area contributed by atoms with E-state index < -0.39 is 0 Å². The number of halogens is 1. The molecular weight excluding hydrogens is 376 g/mol. The lowest BCUT2D eigenvalue weighted by Gasteiger charge is -2.09. The minimum atomic E-state index is -0.305. The van der Waals surface area contributed by atoms with Crippen LogP contribution in [-0.2, 0) is 4.74 Å². The molecule has 0 fully saturated rings. The van der Waals surface area contributed by atoms with E-state index in [1.54, 1.807) is 0 Å². The third kappa shape index (κ3) is 22.4. The molecule has 25 heavy (non-hydrogen) atoms. The van der Waals surface area contributed by atoms with Gasteiger partial charge in [-0.05, 0) is 12.8 Å². The molecule has 1 atom stereocenters. The molecule has 2 nitrogen and oxygen atoms in total. The van der Waals surface area contributed by atoms with E-state index in [2.05, 4.69) is 22.9 Å². The first-order chi connectivity index (χ1) is 12.3. The van der Waals surface area contributed by atoms with E-state index in [4.69, 9.17) is 4.74 Å². The third-order valence-electron chi connectivity index (χ3n) is 4.89. The predicted octanol–water partition coefficient (Wildman–Crippen LogP) is 7.41. The Morgan fingerprint density at radius 1 is 0.680 bits per heavy atom. The topological polar surface area (TPSA) is 29.5 Å². The van der Waals surface area contributed by atoms with Crippen LogP contribution in [0.2, 0.25) is 0 Å². The molecule has 0 saturated heterocycles. The van der Waals surface area contributed by atoms with Crippen molar-refractivity contribution in [2.75, 3.05) is 18.5 Å².